The summed E-state index contributed by atoms with van der Waals surface area (Å²) in [7, 11) is 1.34. The molecule has 0 saturated heterocycles. The molecule has 1 aromatic heterocycles. The van der Waals surface area contributed by atoms with Gasteiger partial charge < -0.3 is 9.47 Å². The minimum Gasteiger partial charge on any atom is -0.469 e. The van der Waals surface area contributed by atoms with E-state index in [1.807, 2.05) is 26.8 Å². The van der Waals surface area contributed by atoms with E-state index in [4.69, 9.17) is 4.74 Å². The van der Waals surface area contributed by atoms with Crippen LogP contribution in [0, 0.1) is 0 Å². The Hall–Kier alpha value is -1.82. The number of hydrogen-bond acceptors (Lipinski definition) is 5. The topological polar surface area (TPSA) is 68.7 Å². The van der Waals surface area contributed by atoms with Crippen LogP contribution >= 0.6 is 12.4 Å². The second-order valence-corrected chi connectivity index (χ2v) is 6.27. The van der Waals surface area contributed by atoms with Gasteiger partial charge in [0.1, 0.15) is 11.4 Å². The van der Waals surface area contributed by atoms with E-state index in [9.17, 15) is 9.59 Å². The van der Waals surface area contributed by atoms with Gasteiger partial charge in [0.15, 0.2) is 0 Å². The molecule has 0 atom stereocenters. The van der Waals surface area contributed by atoms with E-state index in [-0.39, 0.29) is 24.8 Å². The summed E-state index contributed by atoms with van der Waals surface area (Å²) in [6.07, 6.45) is 1.41. The average Bonchev–Trinajstić information content (AvgIpc) is 2.44. The molecular formula is C16H23ClN2O4. The number of rotatable bonds is 2. The van der Waals surface area contributed by atoms with Crippen LogP contribution in [0.15, 0.2) is 12.1 Å². The molecule has 0 unspecified atom stereocenters. The first-order valence-corrected chi connectivity index (χ1v) is 7.36. The van der Waals surface area contributed by atoms with Gasteiger partial charge in [-0.3, -0.25) is 9.69 Å². The summed E-state index contributed by atoms with van der Waals surface area (Å²) in [5.74, 6) is 0.231. The first-order chi connectivity index (χ1) is 10.3. The summed E-state index contributed by atoms with van der Waals surface area (Å²) in [6, 6.07) is 3.71. The molecule has 6 nitrogen and oxygen atoms in total. The van der Waals surface area contributed by atoms with Crippen molar-refractivity contribution in [1.82, 2.24) is 4.98 Å². The van der Waals surface area contributed by atoms with Gasteiger partial charge in [-0.15, -0.1) is 12.4 Å². The molecule has 0 aliphatic carbocycles. The number of methoxy groups -OCH3 is 1. The molecule has 0 N–H and O–H groups in total. The number of nitrogens with zero attached hydrogens (tertiary/aromatic N) is 2. The maximum atomic E-state index is 12.3. The van der Waals surface area contributed by atoms with Crippen LogP contribution in [-0.2, 0) is 27.1 Å². The Kier molecular flexibility index (Phi) is 6.38. The summed E-state index contributed by atoms with van der Waals surface area (Å²) < 4.78 is 10.1. The van der Waals surface area contributed by atoms with Crippen molar-refractivity contribution in [3.8, 4) is 0 Å². The minimum absolute atomic E-state index is 0. The molecule has 0 spiro atoms. The lowest BCUT2D eigenvalue weighted by Crippen LogP contribution is -2.40. The van der Waals surface area contributed by atoms with Gasteiger partial charge in [-0.05, 0) is 45.2 Å². The third-order valence-corrected chi connectivity index (χ3v) is 3.26. The van der Waals surface area contributed by atoms with Crippen molar-refractivity contribution >= 4 is 30.3 Å². The highest BCUT2D eigenvalue weighted by Gasteiger charge is 2.28. The second-order valence-electron chi connectivity index (χ2n) is 6.27. The maximum Gasteiger partial charge on any atom is 0.416 e. The second kappa shape index (κ2) is 7.64. The van der Waals surface area contributed by atoms with Crippen LogP contribution in [0.1, 0.15) is 38.4 Å². The molecule has 7 heteroatoms. The zero-order valence-corrected chi connectivity index (χ0v) is 14.7. The van der Waals surface area contributed by atoms with Crippen molar-refractivity contribution in [2.75, 3.05) is 18.6 Å². The molecule has 0 bridgehead atoms. The van der Waals surface area contributed by atoms with Crippen LogP contribution in [0.25, 0.3) is 0 Å². The highest BCUT2D eigenvalue weighted by molar-refractivity contribution is 5.88. The van der Waals surface area contributed by atoms with Gasteiger partial charge >= 0.3 is 12.1 Å². The highest BCUT2D eigenvalue weighted by atomic mass is 35.5. The smallest absolute Gasteiger partial charge is 0.416 e. The van der Waals surface area contributed by atoms with Crippen LogP contribution in [0.3, 0.4) is 0 Å². The summed E-state index contributed by atoms with van der Waals surface area (Å²) in [5.41, 5.74) is 1.02. The predicted octanol–water partition coefficient (Wildman–Crippen LogP) is 2.91. The first kappa shape index (κ1) is 19.2. The van der Waals surface area contributed by atoms with Crippen molar-refractivity contribution in [2.45, 2.75) is 45.6 Å². The SMILES string of the molecule is COC(=O)Cc1ccc2c(n1)N(C(=O)OC(C)(C)C)CCC2.Cl. The highest BCUT2D eigenvalue weighted by Crippen LogP contribution is 2.27. The predicted molar refractivity (Wildman–Crippen MR) is 89.1 cm³/mol. The zero-order chi connectivity index (χ0) is 16.3. The van der Waals surface area contributed by atoms with E-state index >= 15 is 0 Å². The number of halogens is 1. The number of aryl methyl sites for hydroxylation is 1. The van der Waals surface area contributed by atoms with E-state index in [1.165, 1.54) is 7.11 Å². The van der Waals surface area contributed by atoms with E-state index < -0.39 is 11.7 Å². The lowest BCUT2D eigenvalue weighted by Gasteiger charge is -2.31. The lowest BCUT2D eigenvalue weighted by atomic mass is 10.1. The monoisotopic (exact) mass is 342 g/mol. The first-order valence-electron chi connectivity index (χ1n) is 7.36. The normalized spacial score (nSPS) is 13.7. The Morgan fingerprint density at radius 2 is 2.00 bits per heavy atom. The van der Waals surface area contributed by atoms with Gasteiger partial charge in [0.25, 0.3) is 0 Å². The van der Waals surface area contributed by atoms with Gasteiger partial charge in [0.2, 0.25) is 0 Å². The molecule has 0 aromatic carbocycles. The fourth-order valence-electron chi connectivity index (χ4n) is 2.29. The Morgan fingerprint density at radius 1 is 1.30 bits per heavy atom. The standard InChI is InChI=1S/C16H22N2O4.ClH/c1-16(2,3)22-15(20)18-9-5-6-11-7-8-12(17-14(11)18)10-13(19)21-4;/h7-8H,5-6,9-10H2,1-4H3;1H. The Bertz CT molecular complexity index is 584. The molecule has 128 valence electrons. The van der Waals surface area contributed by atoms with Crippen molar-refractivity contribution < 1.29 is 19.1 Å². The van der Waals surface area contributed by atoms with E-state index in [2.05, 4.69) is 9.72 Å². The maximum absolute atomic E-state index is 12.3. The third kappa shape index (κ3) is 5.10. The van der Waals surface area contributed by atoms with Crippen LogP contribution in [0.4, 0.5) is 10.6 Å². The number of pyridine rings is 1. The quantitative estimate of drug-likeness (QED) is 0.773. The van der Waals surface area contributed by atoms with Crippen LogP contribution in [0.5, 0.6) is 0 Å². The number of anilines is 1. The number of aromatic nitrogens is 1. The Morgan fingerprint density at radius 3 is 2.61 bits per heavy atom. The molecule has 1 aliphatic heterocycles. The average molecular weight is 343 g/mol. The molecular weight excluding hydrogens is 320 g/mol. The van der Waals surface area contributed by atoms with Gasteiger partial charge in [0.05, 0.1) is 19.2 Å². The number of fused-ring (bicyclic) bond motifs is 1. The van der Waals surface area contributed by atoms with Crippen molar-refractivity contribution in [2.24, 2.45) is 0 Å². The van der Waals surface area contributed by atoms with E-state index in [1.54, 1.807) is 11.0 Å². The number of amides is 1. The molecule has 0 fully saturated rings. The number of carbonyl (C=O) groups excluding carboxylic acids is 2. The number of carbonyl (C=O) groups is 2. The van der Waals surface area contributed by atoms with Crippen molar-refractivity contribution in [1.29, 1.82) is 0 Å². The van der Waals surface area contributed by atoms with Gasteiger partial charge in [-0.2, -0.15) is 0 Å². The van der Waals surface area contributed by atoms with Crippen LogP contribution in [-0.4, -0.2) is 36.3 Å². The van der Waals surface area contributed by atoms with Gasteiger partial charge in [-0.1, -0.05) is 6.07 Å². The largest absolute Gasteiger partial charge is 0.469 e. The van der Waals surface area contributed by atoms with Crippen molar-refractivity contribution in [3.63, 3.8) is 0 Å². The lowest BCUT2D eigenvalue weighted by molar-refractivity contribution is -0.139. The number of ether oxygens (including phenoxy) is 2. The third-order valence-electron chi connectivity index (χ3n) is 3.26. The number of hydrogen-bond donors (Lipinski definition) is 0. The summed E-state index contributed by atoms with van der Waals surface area (Å²) in [6.45, 7) is 6.06. The Balaban J connectivity index is 0.00000264. The fourth-order valence-corrected chi connectivity index (χ4v) is 2.29. The van der Waals surface area contributed by atoms with E-state index in [0.717, 1.165) is 18.4 Å². The van der Waals surface area contributed by atoms with Crippen LogP contribution in [0.2, 0.25) is 0 Å². The number of esters is 1. The van der Waals surface area contributed by atoms with E-state index in [0.29, 0.717) is 18.1 Å². The summed E-state index contributed by atoms with van der Waals surface area (Å²) >= 11 is 0. The van der Waals surface area contributed by atoms with Gasteiger partial charge in [-0.25, -0.2) is 9.78 Å². The summed E-state index contributed by atoms with van der Waals surface area (Å²) in [5, 5.41) is 0. The van der Waals surface area contributed by atoms with Gasteiger partial charge in [0, 0.05) is 6.54 Å². The molecule has 2 heterocycles. The summed E-state index contributed by atoms with van der Waals surface area (Å²) in [4.78, 5) is 29.7. The minimum atomic E-state index is -0.557. The molecule has 1 aromatic rings. The molecule has 23 heavy (non-hydrogen) atoms. The molecule has 0 saturated carbocycles. The molecule has 0 radical (unpaired) electrons. The fraction of sp³-hybridized carbons (Fsp3) is 0.562. The molecule has 2 rings (SSSR count). The molecule has 1 aliphatic rings. The molecule has 1 amide bonds. The zero-order valence-electron chi connectivity index (χ0n) is 13.9. The van der Waals surface area contributed by atoms with Crippen molar-refractivity contribution in [3.05, 3.63) is 23.4 Å². The Labute approximate surface area is 142 Å². The van der Waals surface area contributed by atoms with Crippen LogP contribution < -0.4 is 4.90 Å².